The van der Waals surface area contributed by atoms with Gasteiger partial charge in [0.15, 0.2) is 17.3 Å². The molecule has 0 amide bonds. The van der Waals surface area contributed by atoms with Gasteiger partial charge in [-0.3, -0.25) is 0 Å². The lowest BCUT2D eigenvalue weighted by Gasteiger charge is -2.11. The van der Waals surface area contributed by atoms with E-state index in [1.165, 1.54) is 12.1 Å². The van der Waals surface area contributed by atoms with E-state index in [1.807, 2.05) is 0 Å². The summed E-state index contributed by atoms with van der Waals surface area (Å²) in [5.41, 5.74) is 0.418. The van der Waals surface area contributed by atoms with E-state index >= 15 is 0 Å². The van der Waals surface area contributed by atoms with Crippen LogP contribution < -0.4 is 4.74 Å². The lowest BCUT2D eigenvalue weighted by Crippen LogP contribution is -2.07. The smallest absolute Gasteiger partial charge is 0.358 e. The van der Waals surface area contributed by atoms with Crippen LogP contribution in [0.15, 0.2) is 22.7 Å². The Kier molecular flexibility index (Phi) is 3.74. The molecule has 0 bridgehead atoms. The molecule has 0 aliphatic heterocycles. The summed E-state index contributed by atoms with van der Waals surface area (Å²) in [4.78, 5) is 11.1. The summed E-state index contributed by atoms with van der Waals surface area (Å²) < 4.78 is 24.1. The number of hydrogen-bond donors (Lipinski definition) is 1. The minimum atomic E-state index is -1.22. The van der Waals surface area contributed by atoms with Crippen LogP contribution in [0.2, 0.25) is 0 Å². The highest BCUT2D eigenvalue weighted by molar-refractivity contribution is 5.94. The first-order valence-electron chi connectivity index (χ1n) is 6.06. The molecule has 1 heterocycles. The predicted molar refractivity (Wildman–Crippen MR) is 69.4 cm³/mol. The number of benzene rings is 1. The van der Waals surface area contributed by atoms with Crippen molar-refractivity contribution in [1.82, 2.24) is 5.16 Å². The van der Waals surface area contributed by atoms with Crippen LogP contribution in [0.5, 0.6) is 5.75 Å². The summed E-state index contributed by atoms with van der Waals surface area (Å²) in [5, 5.41) is 12.5. The van der Waals surface area contributed by atoms with Crippen LogP contribution in [0.25, 0.3) is 11.1 Å². The molecule has 0 aliphatic rings. The molecule has 0 saturated carbocycles. The molecular formula is C14H14FNO4. The van der Waals surface area contributed by atoms with Crippen molar-refractivity contribution in [2.45, 2.75) is 26.9 Å². The number of halogens is 1. The first kappa shape index (κ1) is 14.0. The van der Waals surface area contributed by atoms with Gasteiger partial charge in [0, 0.05) is 0 Å². The molecule has 5 nitrogen and oxygen atoms in total. The zero-order valence-corrected chi connectivity index (χ0v) is 11.3. The van der Waals surface area contributed by atoms with E-state index in [1.54, 1.807) is 26.8 Å². The van der Waals surface area contributed by atoms with Gasteiger partial charge in [0.05, 0.1) is 11.7 Å². The zero-order chi connectivity index (χ0) is 14.9. The Hall–Kier alpha value is -2.37. The molecule has 0 unspecified atom stereocenters. The van der Waals surface area contributed by atoms with Gasteiger partial charge < -0.3 is 14.4 Å². The minimum Gasteiger partial charge on any atom is -0.488 e. The summed E-state index contributed by atoms with van der Waals surface area (Å²) in [6.07, 6.45) is -0.151. The molecule has 0 fully saturated rings. The number of ether oxygens (including phenoxy) is 1. The molecule has 0 atom stereocenters. The first-order chi connectivity index (χ1) is 9.40. The van der Waals surface area contributed by atoms with Gasteiger partial charge in [-0.2, -0.15) is 0 Å². The Labute approximate surface area is 115 Å². The lowest BCUT2D eigenvalue weighted by atomic mass is 10.0. The fourth-order valence-corrected chi connectivity index (χ4v) is 1.86. The Bertz CT molecular complexity index is 649. The van der Waals surface area contributed by atoms with Crippen molar-refractivity contribution in [2.75, 3.05) is 0 Å². The summed E-state index contributed by atoms with van der Waals surface area (Å²) >= 11 is 0. The second-order valence-corrected chi connectivity index (χ2v) is 4.58. The minimum absolute atomic E-state index is 0.120. The van der Waals surface area contributed by atoms with Crippen molar-refractivity contribution < 1.29 is 23.6 Å². The second-order valence-electron chi connectivity index (χ2n) is 4.58. The molecule has 0 radical (unpaired) electrons. The van der Waals surface area contributed by atoms with Crippen LogP contribution in [-0.4, -0.2) is 22.3 Å². The van der Waals surface area contributed by atoms with Crippen LogP contribution in [0, 0.1) is 12.7 Å². The van der Waals surface area contributed by atoms with Crippen LogP contribution in [0.3, 0.4) is 0 Å². The van der Waals surface area contributed by atoms with Gasteiger partial charge in [0.1, 0.15) is 5.76 Å². The number of rotatable bonds is 4. The van der Waals surface area contributed by atoms with E-state index in [2.05, 4.69) is 5.16 Å². The normalized spacial score (nSPS) is 10.8. The third-order valence-corrected chi connectivity index (χ3v) is 2.65. The summed E-state index contributed by atoms with van der Waals surface area (Å²) in [6.45, 7) is 5.16. The summed E-state index contributed by atoms with van der Waals surface area (Å²) in [6, 6.07) is 4.25. The molecule has 106 valence electrons. The first-order valence-corrected chi connectivity index (χ1v) is 6.06. The van der Waals surface area contributed by atoms with Gasteiger partial charge in [0.25, 0.3) is 0 Å². The van der Waals surface area contributed by atoms with E-state index in [4.69, 9.17) is 14.4 Å². The van der Waals surface area contributed by atoms with Gasteiger partial charge in [-0.15, -0.1) is 0 Å². The highest BCUT2D eigenvalue weighted by Crippen LogP contribution is 2.31. The zero-order valence-electron chi connectivity index (χ0n) is 11.3. The summed E-state index contributed by atoms with van der Waals surface area (Å²) in [5.74, 6) is -1.35. The molecule has 2 aromatic rings. The molecule has 1 aromatic carbocycles. The molecule has 1 aromatic heterocycles. The van der Waals surface area contributed by atoms with E-state index in [9.17, 15) is 9.18 Å². The lowest BCUT2D eigenvalue weighted by molar-refractivity contribution is 0.0686. The average Bonchev–Trinajstić information content (AvgIpc) is 2.73. The maximum atomic E-state index is 13.9. The number of aryl methyl sites for hydroxylation is 1. The van der Waals surface area contributed by atoms with Crippen molar-refractivity contribution in [2.24, 2.45) is 0 Å². The molecule has 0 spiro atoms. The van der Waals surface area contributed by atoms with Crippen LogP contribution in [0.1, 0.15) is 30.1 Å². The molecule has 1 N–H and O–H groups in total. The maximum Gasteiger partial charge on any atom is 0.358 e. The number of nitrogens with zero attached hydrogens (tertiary/aromatic N) is 1. The number of carbonyl (C=O) groups is 1. The Morgan fingerprint density at radius 1 is 1.45 bits per heavy atom. The number of carboxylic acid groups (broad SMARTS) is 1. The van der Waals surface area contributed by atoms with Crippen molar-refractivity contribution in [1.29, 1.82) is 0 Å². The largest absolute Gasteiger partial charge is 0.488 e. The number of aromatic carboxylic acids is 1. The fourth-order valence-electron chi connectivity index (χ4n) is 1.86. The van der Waals surface area contributed by atoms with Crippen LogP contribution in [-0.2, 0) is 0 Å². The van der Waals surface area contributed by atoms with Crippen molar-refractivity contribution in [3.05, 3.63) is 35.5 Å². The van der Waals surface area contributed by atoms with E-state index in [0.29, 0.717) is 11.3 Å². The van der Waals surface area contributed by atoms with Gasteiger partial charge in [-0.1, -0.05) is 11.2 Å². The van der Waals surface area contributed by atoms with Gasteiger partial charge >= 0.3 is 5.97 Å². The fraction of sp³-hybridized carbons (Fsp3) is 0.286. The van der Waals surface area contributed by atoms with Crippen LogP contribution >= 0.6 is 0 Å². The van der Waals surface area contributed by atoms with E-state index in [-0.39, 0.29) is 23.1 Å². The van der Waals surface area contributed by atoms with Crippen molar-refractivity contribution in [3.63, 3.8) is 0 Å². The quantitative estimate of drug-likeness (QED) is 0.929. The Morgan fingerprint density at radius 2 is 2.15 bits per heavy atom. The molecular weight excluding hydrogens is 265 g/mol. The van der Waals surface area contributed by atoms with E-state index < -0.39 is 11.8 Å². The van der Waals surface area contributed by atoms with Crippen LogP contribution in [0.4, 0.5) is 4.39 Å². The predicted octanol–water partition coefficient (Wildman–Crippen LogP) is 3.27. The highest BCUT2D eigenvalue weighted by atomic mass is 19.1. The second kappa shape index (κ2) is 5.32. The molecule has 20 heavy (non-hydrogen) atoms. The maximum absolute atomic E-state index is 13.9. The molecule has 0 aliphatic carbocycles. The monoisotopic (exact) mass is 279 g/mol. The van der Waals surface area contributed by atoms with Gasteiger partial charge in [0.2, 0.25) is 0 Å². The standard InChI is InChI=1S/C14H14FNO4/c1-7(2)19-11-5-4-9(6-10(11)15)12-8(3)20-16-13(12)14(17)18/h4-7H,1-3H3,(H,17,18). The number of carboxylic acids is 1. The highest BCUT2D eigenvalue weighted by Gasteiger charge is 2.21. The third kappa shape index (κ3) is 2.64. The van der Waals surface area contributed by atoms with Crippen molar-refractivity contribution >= 4 is 5.97 Å². The summed E-state index contributed by atoms with van der Waals surface area (Å²) in [7, 11) is 0. The van der Waals surface area contributed by atoms with Gasteiger partial charge in [-0.25, -0.2) is 9.18 Å². The molecule has 0 saturated heterocycles. The topological polar surface area (TPSA) is 72.6 Å². The van der Waals surface area contributed by atoms with Crippen molar-refractivity contribution in [3.8, 4) is 16.9 Å². The molecule has 6 heteroatoms. The van der Waals surface area contributed by atoms with E-state index in [0.717, 1.165) is 0 Å². The Morgan fingerprint density at radius 3 is 2.70 bits per heavy atom. The van der Waals surface area contributed by atoms with Gasteiger partial charge in [-0.05, 0) is 38.5 Å². The average molecular weight is 279 g/mol. The Balaban J connectivity index is 2.47. The SMILES string of the molecule is Cc1onc(C(=O)O)c1-c1ccc(OC(C)C)c(F)c1. The third-order valence-electron chi connectivity index (χ3n) is 2.65. The number of hydrogen-bond acceptors (Lipinski definition) is 4. The molecule has 2 rings (SSSR count). The number of aromatic nitrogens is 1.